The number of carbonyl (C=O) groups excluding carboxylic acids is 1. The number of hydrogen-bond donors (Lipinski definition) is 5. The molecule has 9 rings (SSSR count). The summed E-state index contributed by atoms with van der Waals surface area (Å²) in [7, 11) is 0. The van der Waals surface area contributed by atoms with E-state index >= 15 is 0 Å². The van der Waals surface area contributed by atoms with Gasteiger partial charge >= 0.3 is 6.03 Å². The lowest BCUT2D eigenvalue weighted by Gasteiger charge is -2.22. The number of thiazole rings is 1. The summed E-state index contributed by atoms with van der Waals surface area (Å²) in [5, 5.41) is 47.9. The minimum absolute atomic E-state index is 0.0109. The molecular weight excluding hydrogens is 767 g/mol. The predicted octanol–water partition coefficient (Wildman–Crippen LogP) is 4.73. The molecule has 0 bridgehead atoms. The van der Waals surface area contributed by atoms with Crippen LogP contribution in [0.3, 0.4) is 0 Å². The third-order valence-corrected chi connectivity index (χ3v) is 12.1. The summed E-state index contributed by atoms with van der Waals surface area (Å²) in [6, 6.07) is 29.1. The molecule has 1 saturated heterocycles. The van der Waals surface area contributed by atoms with Gasteiger partial charge in [0, 0.05) is 49.0 Å². The standard InChI is InChI=1S/C42H45N13O3S/c1-2-34-50-52-55(51-34)33-20-32(36(56)37(33)57)54-25-45-35-38(43-22-31(26-12-6-3-7-13-26)27-14-8-4-9-15-27)48-41(49-39(35)54)53-19-18-29(23-53)47-42(58)44-21-30-24-59-40(46-30)28-16-10-5-11-17-28/h3-17,24-25,29,31-33,36-37,56-57H,2,18-23H2,1H3,(H,43,48,49)(H2,44,47,58)/t29-,32-,33+,36+,37-/m1/s1. The number of anilines is 2. The first-order valence-corrected chi connectivity index (χ1v) is 20.8. The first-order chi connectivity index (χ1) is 28.9. The van der Waals surface area contributed by atoms with Crippen molar-refractivity contribution in [2.45, 2.75) is 69.0 Å². The van der Waals surface area contributed by atoms with E-state index in [0.717, 1.165) is 27.4 Å². The van der Waals surface area contributed by atoms with Crippen LogP contribution in [0.1, 0.15) is 60.4 Å². The van der Waals surface area contributed by atoms with Crippen molar-refractivity contribution in [2.75, 3.05) is 29.9 Å². The van der Waals surface area contributed by atoms with Crippen molar-refractivity contribution < 1.29 is 15.0 Å². The molecule has 0 radical (unpaired) electrons. The van der Waals surface area contributed by atoms with Gasteiger partial charge in [0.1, 0.15) is 23.3 Å². The number of aromatic nitrogens is 9. The highest BCUT2D eigenvalue weighted by Gasteiger charge is 2.45. The van der Waals surface area contributed by atoms with Crippen molar-refractivity contribution in [2.24, 2.45) is 0 Å². The molecule has 1 aliphatic heterocycles. The van der Waals surface area contributed by atoms with Crippen LogP contribution in [0, 0.1) is 0 Å². The normalized spacial score (nSPS) is 20.4. The van der Waals surface area contributed by atoms with Crippen molar-refractivity contribution in [1.29, 1.82) is 0 Å². The van der Waals surface area contributed by atoms with Crippen LogP contribution >= 0.6 is 11.3 Å². The van der Waals surface area contributed by atoms with E-state index in [9.17, 15) is 15.0 Å². The van der Waals surface area contributed by atoms with Gasteiger partial charge in [0.05, 0.1) is 24.6 Å². The minimum atomic E-state index is -1.14. The van der Waals surface area contributed by atoms with E-state index in [0.29, 0.717) is 74.2 Å². The molecular formula is C42H45N13O3S. The van der Waals surface area contributed by atoms with Crippen LogP contribution in [0.2, 0.25) is 0 Å². The number of aliphatic hydroxyl groups is 2. The van der Waals surface area contributed by atoms with E-state index in [1.807, 2.05) is 83.6 Å². The van der Waals surface area contributed by atoms with Crippen LogP contribution in [-0.2, 0) is 13.0 Å². The van der Waals surface area contributed by atoms with Gasteiger partial charge in [-0.2, -0.15) is 14.8 Å². The fourth-order valence-electron chi connectivity index (χ4n) is 8.01. The first-order valence-electron chi connectivity index (χ1n) is 19.9. The van der Waals surface area contributed by atoms with Crippen LogP contribution < -0.4 is 20.9 Å². The van der Waals surface area contributed by atoms with E-state index in [4.69, 9.17) is 19.9 Å². The van der Waals surface area contributed by atoms with E-state index < -0.39 is 24.3 Å². The van der Waals surface area contributed by atoms with Crippen LogP contribution in [0.5, 0.6) is 0 Å². The summed E-state index contributed by atoms with van der Waals surface area (Å²) >= 11 is 1.55. The van der Waals surface area contributed by atoms with Gasteiger partial charge in [-0.1, -0.05) is 97.9 Å². The summed E-state index contributed by atoms with van der Waals surface area (Å²) in [6.07, 6.45) is 1.00. The van der Waals surface area contributed by atoms with Crippen molar-refractivity contribution in [3.8, 4) is 10.6 Å². The van der Waals surface area contributed by atoms with Crippen molar-refractivity contribution >= 4 is 40.3 Å². The lowest BCUT2D eigenvalue weighted by Crippen LogP contribution is -2.43. The van der Waals surface area contributed by atoms with Gasteiger partial charge in [-0.15, -0.1) is 21.5 Å². The molecule has 1 aliphatic carbocycles. The summed E-state index contributed by atoms with van der Waals surface area (Å²) in [4.78, 5) is 36.1. The third kappa shape index (κ3) is 8.08. The highest BCUT2D eigenvalue weighted by molar-refractivity contribution is 7.13. The zero-order valence-electron chi connectivity index (χ0n) is 32.4. The summed E-state index contributed by atoms with van der Waals surface area (Å²) in [5.74, 6) is 1.58. The number of carbonyl (C=O) groups is 1. The van der Waals surface area contributed by atoms with E-state index in [1.165, 1.54) is 4.80 Å². The molecule has 5 atom stereocenters. The molecule has 5 N–H and O–H groups in total. The molecule has 5 heterocycles. The average molecular weight is 812 g/mol. The van der Waals surface area contributed by atoms with Gasteiger partial charge in [-0.05, 0) is 29.2 Å². The highest BCUT2D eigenvalue weighted by Crippen LogP contribution is 2.40. The van der Waals surface area contributed by atoms with Gasteiger partial charge in [0.25, 0.3) is 0 Å². The molecule has 2 amide bonds. The van der Waals surface area contributed by atoms with Crippen LogP contribution in [-0.4, -0.2) is 98.8 Å². The Morgan fingerprint density at radius 3 is 2.34 bits per heavy atom. The largest absolute Gasteiger partial charge is 0.388 e. The Hall–Kier alpha value is -6.30. The van der Waals surface area contributed by atoms with Crippen molar-refractivity contribution in [3.63, 3.8) is 0 Å². The van der Waals surface area contributed by atoms with E-state index in [1.54, 1.807) is 17.7 Å². The molecule has 1 saturated carbocycles. The number of tetrazole rings is 1. The van der Waals surface area contributed by atoms with Gasteiger partial charge in [0.2, 0.25) is 5.95 Å². The number of aryl methyl sites for hydroxylation is 1. The lowest BCUT2D eigenvalue weighted by atomic mass is 9.91. The van der Waals surface area contributed by atoms with Gasteiger partial charge < -0.3 is 35.6 Å². The van der Waals surface area contributed by atoms with Gasteiger partial charge in [0.15, 0.2) is 22.8 Å². The zero-order valence-corrected chi connectivity index (χ0v) is 33.2. The molecule has 59 heavy (non-hydrogen) atoms. The molecule has 2 aliphatic rings. The topological polar surface area (TPSA) is 197 Å². The van der Waals surface area contributed by atoms with E-state index in [-0.39, 0.29) is 18.0 Å². The summed E-state index contributed by atoms with van der Waals surface area (Å²) in [5.41, 5.74) is 5.20. The number of rotatable bonds is 13. The number of nitrogens with one attached hydrogen (secondary N) is 3. The number of benzene rings is 3. The number of urea groups is 1. The third-order valence-electron chi connectivity index (χ3n) is 11.2. The summed E-state index contributed by atoms with van der Waals surface area (Å²) < 4.78 is 1.82. The number of imidazole rings is 1. The van der Waals surface area contributed by atoms with Crippen molar-refractivity contribution in [1.82, 2.24) is 55.3 Å². The Kier molecular flexibility index (Phi) is 10.9. The quantitative estimate of drug-likeness (QED) is 0.108. The van der Waals surface area contributed by atoms with Crippen LogP contribution in [0.25, 0.3) is 21.7 Å². The molecule has 0 unspecified atom stereocenters. The number of hydrogen-bond acceptors (Lipinski definition) is 13. The fourth-order valence-corrected chi connectivity index (χ4v) is 8.83. The summed E-state index contributed by atoms with van der Waals surface area (Å²) in [6.45, 7) is 3.87. The number of aliphatic hydroxyl groups excluding tert-OH is 2. The predicted molar refractivity (Wildman–Crippen MR) is 224 cm³/mol. The molecule has 16 nitrogen and oxygen atoms in total. The maximum atomic E-state index is 13.1. The fraction of sp³-hybridized carbons (Fsp3) is 0.333. The molecule has 302 valence electrons. The molecule has 0 spiro atoms. The Morgan fingerprint density at radius 1 is 0.915 bits per heavy atom. The Balaban J connectivity index is 0.962. The van der Waals surface area contributed by atoms with Crippen molar-refractivity contribution in [3.05, 3.63) is 125 Å². The smallest absolute Gasteiger partial charge is 0.315 e. The molecule has 2 fully saturated rings. The zero-order chi connectivity index (χ0) is 40.3. The second-order valence-electron chi connectivity index (χ2n) is 15.0. The monoisotopic (exact) mass is 811 g/mol. The Morgan fingerprint density at radius 2 is 1.63 bits per heavy atom. The first kappa shape index (κ1) is 38.2. The number of fused-ring (bicyclic) bond motifs is 1. The lowest BCUT2D eigenvalue weighted by molar-refractivity contribution is 0.00473. The highest BCUT2D eigenvalue weighted by atomic mass is 32.1. The molecule has 4 aromatic heterocycles. The van der Waals surface area contributed by atoms with Gasteiger partial charge in [-0.25, -0.2) is 14.8 Å². The maximum Gasteiger partial charge on any atom is 0.315 e. The minimum Gasteiger partial charge on any atom is -0.388 e. The van der Waals surface area contributed by atoms with E-state index in [2.05, 4.69) is 60.5 Å². The van der Waals surface area contributed by atoms with Crippen LogP contribution in [0.15, 0.2) is 103 Å². The molecule has 3 aromatic carbocycles. The maximum absolute atomic E-state index is 13.1. The Bertz CT molecular complexity index is 2460. The molecule has 7 aromatic rings. The number of amides is 2. The second-order valence-corrected chi connectivity index (χ2v) is 15.8. The van der Waals surface area contributed by atoms with Gasteiger partial charge in [-0.3, -0.25) is 0 Å². The second kappa shape index (κ2) is 16.9. The van der Waals surface area contributed by atoms with Crippen LogP contribution in [0.4, 0.5) is 16.6 Å². The number of nitrogens with zero attached hydrogens (tertiary/aromatic N) is 10. The Labute approximate surface area is 344 Å². The average Bonchev–Trinajstić information content (AvgIpc) is 4.14. The SMILES string of the molecule is CCc1nnn([C@H]2C[C@@H](n3cnc4c(NCC(c5ccccc5)c5ccccc5)nc(N5CC[C@@H](NC(=O)NCc6csc(-c7ccccc7)n6)C5)nc43)[C@H](O)[C@@H]2O)n1. The molecule has 17 heteroatoms.